The van der Waals surface area contributed by atoms with E-state index < -0.39 is 0 Å². The third-order valence-corrected chi connectivity index (χ3v) is 1.43. The number of carbonyl (C=O) groups excluding carboxylic acids is 2. The lowest BCUT2D eigenvalue weighted by atomic mass is 10.2. The minimum atomic E-state index is -0.225. The van der Waals surface area contributed by atoms with Crippen molar-refractivity contribution in [2.75, 3.05) is 0 Å². The SMILES string of the molecule is NNNC(=O)CCCCC(=O)NN. The maximum Gasteiger partial charge on any atom is 0.235 e. The molecule has 7 N–H and O–H groups in total. The van der Waals surface area contributed by atoms with Crippen LogP contribution >= 0.6 is 0 Å². The highest BCUT2D eigenvalue weighted by molar-refractivity contribution is 5.76. The van der Waals surface area contributed by atoms with E-state index in [2.05, 4.69) is 5.43 Å². The van der Waals surface area contributed by atoms with Gasteiger partial charge in [0.1, 0.15) is 0 Å². The molecular weight excluding hydrogens is 174 g/mol. The molecule has 0 aromatic rings. The van der Waals surface area contributed by atoms with E-state index in [0.29, 0.717) is 25.7 Å². The molecule has 0 aliphatic carbocycles. The topological polar surface area (TPSA) is 122 Å². The summed E-state index contributed by atoms with van der Waals surface area (Å²) in [5.41, 5.74) is 6.25. The fraction of sp³-hybridized carbons (Fsp3) is 0.667. The average Bonchev–Trinajstić information content (AvgIpc) is 2.12. The lowest BCUT2D eigenvalue weighted by Gasteiger charge is -2.01. The Labute approximate surface area is 76.1 Å². The summed E-state index contributed by atoms with van der Waals surface area (Å²) in [7, 11) is 0. The number of amides is 2. The highest BCUT2D eigenvalue weighted by Gasteiger charge is 2.01. The number of hydrogen-bond acceptors (Lipinski definition) is 5. The van der Waals surface area contributed by atoms with Gasteiger partial charge in [0.05, 0.1) is 0 Å². The molecule has 76 valence electrons. The van der Waals surface area contributed by atoms with E-state index in [4.69, 9.17) is 11.7 Å². The van der Waals surface area contributed by atoms with Crippen LogP contribution in [0, 0.1) is 0 Å². The summed E-state index contributed by atoms with van der Waals surface area (Å²) in [6.07, 6.45) is 1.92. The zero-order chi connectivity index (χ0) is 10.1. The van der Waals surface area contributed by atoms with Gasteiger partial charge in [0.25, 0.3) is 0 Å². The highest BCUT2D eigenvalue weighted by atomic mass is 16.2. The second-order valence-corrected chi connectivity index (χ2v) is 2.47. The summed E-state index contributed by atoms with van der Waals surface area (Å²) in [6, 6.07) is 0. The van der Waals surface area contributed by atoms with Crippen LogP contribution in [0.1, 0.15) is 25.7 Å². The van der Waals surface area contributed by atoms with Crippen molar-refractivity contribution >= 4 is 11.8 Å². The van der Waals surface area contributed by atoms with Crippen LogP contribution < -0.4 is 28.1 Å². The first kappa shape index (κ1) is 11.8. The van der Waals surface area contributed by atoms with E-state index in [-0.39, 0.29) is 11.8 Å². The average molecular weight is 189 g/mol. The van der Waals surface area contributed by atoms with E-state index in [1.807, 2.05) is 11.0 Å². The predicted molar refractivity (Wildman–Crippen MR) is 46.3 cm³/mol. The third kappa shape index (κ3) is 7.19. The van der Waals surface area contributed by atoms with E-state index in [1.165, 1.54) is 0 Å². The molecule has 0 aliphatic rings. The number of nitrogens with two attached hydrogens (primary N) is 2. The van der Waals surface area contributed by atoms with Crippen molar-refractivity contribution in [1.82, 2.24) is 16.4 Å². The Morgan fingerprint density at radius 2 is 1.54 bits per heavy atom. The van der Waals surface area contributed by atoms with Crippen molar-refractivity contribution < 1.29 is 9.59 Å². The number of nitrogens with one attached hydrogen (secondary N) is 3. The van der Waals surface area contributed by atoms with Crippen LogP contribution in [0.2, 0.25) is 0 Å². The van der Waals surface area contributed by atoms with E-state index >= 15 is 0 Å². The molecule has 0 rings (SSSR count). The number of rotatable bonds is 6. The molecule has 2 amide bonds. The maximum absolute atomic E-state index is 10.8. The normalized spacial score (nSPS) is 9.38. The Hall–Kier alpha value is -1.18. The molecule has 13 heavy (non-hydrogen) atoms. The van der Waals surface area contributed by atoms with Crippen molar-refractivity contribution in [3.8, 4) is 0 Å². The second-order valence-electron chi connectivity index (χ2n) is 2.47. The Morgan fingerprint density at radius 3 is 2.00 bits per heavy atom. The van der Waals surface area contributed by atoms with Crippen molar-refractivity contribution in [2.24, 2.45) is 11.7 Å². The van der Waals surface area contributed by atoms with Gasteiger partial charge in [-0.1, -0.05) is 0 Å². The van der Waals surface area contributed by atoms with E-state index in [1.54, 1.807) is 0 Å². The van der Waals surface area contributed by atoms with Crippen LogP contribution in [0.5, 0.6) is 0 Å². The van der Waals surface area contributed by atoms with Crippen LogP contribution in [-0.2, 0) is 9.59 Å². The number of hydrogen-bond donors (Lipinski definition) is 5. The molecule has 0 bridgehead atoms. The highest BCUT2D eigenvalue weighted by Crippen LogP contribution is 1.98. The summed E-state index contributed by atoms with van der Waals surface area (Å²) in [5.74, 6) is 9.27. The van der Waals surface area contributed by atoms with E-state index in [0.717, 1.165) is 0 Å². The summed E-state index contributed by atoms with van der Waals surface area (Å²) in [6.45, 7) is 0. The fourth-order valence-electron chi connectivity index (χ4n) is 0.786. The summed E-state index contributed by atoms with van der Waals surface area (Å²) in [4.78, 5) is 21.4. The van der Waals surface area contributed by atoms with Gasteiger partial charge in [-0.2, -0.15) is 5.53 Å². The van der Waals surface area contributed by atoms with Crippen LogP contribution in [-0.4, -0.2) is 11.8 Å². The molecule has 0 aromatic carbocycles. The molecule has 0 unspecified atom stereocenters. The molecule has 0 fully saturated rings. The lowest BCUT2D eigenvalue weighted by molar-refractivity contribution is -0.123. The minimum absolute atomic E-state index is 0.198. The van der Waals surface area contributed by atoms with Gasteiger partial charge in [0.2, 0.25) is 11.8 Å². The molecule has 0 heterocycles. The third-order valence-electron chi connectivity index (χ3n) is 1.43. The molecule has 0 aliphatic heterocycles. The van der Waals surface area contributed by atoms with Gasteiger partial charge >= 0.3 is 0 Å². The smallest absolute Gasteiger partial charge is 0.235 e. The molecule has 7 nitrogen and oxygen atoms in total. The summed E-state index contributed by atoms with van der Waals surface area (Å²) < 4.78 is 0. The first-order chi connectivity index (χ1) is 6.20. The zero-order valence-corrected chi connectivity index (χ0v) is 7.30. The summed E-state index contributed by atoms with van der Waals surface area (Å²) >= 11 is 0. The van der Waals surface area contributed by atoms with Gasteiger partial charge in [-0.05, 0) is 12.8 Å². The Bertz CT molecular complexity index is 172. The van der Waals surface area contributed by atoms with Gasteiger partial charge in [0.15, 0.2) is 0 Å². The fourth-order valence-corrected chi connectivity index (χ4v) is 0.786. The van der Waals surface area contributed by atoms with Crippen molar-refractivity contribution in [2.45, 2.75) is 25.7 Å². The molecule has 0 saturated heterocycles. The molecule has 0 atom stereocenters. The quantitative estimate of drug-likeness (QED) is 0.143. The van der Waals surface area contributed by atoms with Crippen LogP contribution in [0.25, 0.3) is 0 Å². The zero-order valence-electron chi connectivity index (χ0n) is 7.30. The van der Waals surface area contributed by atoms with Gasteiger partial charge < -0.3 is 0 Å². The van der Waals surface area contributed by atoms with Crippen molar-refractivity contribution in [3.05, 3.63) is 0 Å². The Balaban J connectivity index is 3.25. The summed E-state index contributed by atoms with van der Waals surface area (Å²) in [5, 5.41) is 0. The van der Waals surface area contributed by atoms with Crippen molar-refractivity contribution in [3.63, 3.8) is 0 Å². The van der Waals surface area contributed by atoms with Gasteiger partial charge in [-0.15, -0.1) is 0 Å². The second kappa shape index (κ2) is 7.47. The molecule has 0 saturated carbocycles. The predicted octanol–water partition coefficient (Wildman–Crippen LogP) is -1.97. The lowest BCUT2D eigenvalue weighted by Crippen LogP contribution is -2.42. The monoisotopic (exact) mass is 189 g/mol. The standard InChI is InChI=1S/C6H15N5O2/c7-9-5(12)3-1-2-4-6(13)10-11-8/h11H,1-4,7-8H2,(H,9,12)(H,10,13). The molecule has 0 radical (unpaired) electrons. The Morgan fingerprint density at radius 1 is 1.00 bits per heavy atom. The number of unbranched alkanes of at least 4 members (excludes halogenated alkanes) is 1. The largest absolute Gasteiger partial charge is 0.294 e. The number of hydrazine groups is 3. The van der Waals surface area contributed by atoms with Crippen LogP contribution in [0.15, 0.2) is 0 Å². The first-order valence-electron chi connectivity index (χ1n) is 3.94. The molecular formula is C6H15N5O2. The minimum Gasteiger partial charge on any atom is -0.294 e. The number of carbonyl (C=O) groups is 2. The molecule has 0 spiro atoms. The Kier molecular flexibility index (Phi) is 6.79. The van der Waals surface area contributed by atoms with Gasteiger partial charge in [-0.3, -0.25) is 26.3 Å². The first-order valence-corrected chi connectivity index (χ1v) is 3.94. The van der Waals surface area contributed by atoms with E-state index in [9.17, 15) is 9.59 Å². The van der Waals surface area contributed by atoms with Crippen LogP contribution in [0.3, 0.4) is 0 Å². The molecule has 7 heteroatoms. The molecule has 0 aromatic heterocycles. The van der Waals surface area contributed by atoms with Gasteiger partial charge in [0, 0.05) is 12.8 Å². The van der Waals surface area contributed by atoms with Crippen LogP contribution in [0.4, 0.5) is 0 Å². The maximum atomic E-state index is 10.8. The van der Waals surface area contributed by atoms with Crippen molar-refractivity contribution in [1.29, 1.82) is 0 Å². The van der Waals surface area contributed by atoms with Gasteiger partial charge in [-0.25, -0.2) is 5.84 Å².